The standard InChI is InChI=1S/C24H28F2N2O4/c25-18-9-15(10-19(26)13-18)11-20(28-23(30)31)21(29)14-27-24(6-7-24)17-4-1-3-16(12-17)22-5-2-8-32-22/h1,3-4,9-10,12-13,20-22,27-29H,2,5-8,11,14H2,(H,30,31)/t20-,21-,22?/m0/s1. The lowest BCUT2D eigenvalue weighted by atomic mass is 9.97. The molecule has 2 aromatic rings. The van der Waals surface area contributed by atoms with Gasteiger partial charge in [-0.2, -0.15) is 0 Å². The SMILES string of the molecule is O=C(O)N[C@@H](Cc1cc(F)cc(F)c1)[C@@H](O)CNC1(c2cccc(C3CCCO3)c2)CC1. The number of aliphatic hydroxyl groups is 1. The first-order valence-electron chi connectivity index (χ1n) is 10.9. The van der Waals surface area contributed by atoms with Crippen molar-refractivity contribution in [3.05, 3.63) is 70.8 Å². The summed E-state index contributed by atoms with van der Waals surface area (Å²) in [4.78, 5) is 11.2. The maximum absolute atomic E-state index is 13.5. The lowest BCUT2D eigenvalue weighted by Crippen LogP contribution is -2.49. The number of carboxylic acid groups (broad SMARTS) is 1. The van der Waals surface area contributed by atoms with Gasteiger partial charge in [-0.25, -0.2) is 13.6 Å². The van der Waals surface area contributed by atoms with E-state index in [-0.39, 0.29) is 30.2 Å². The van der Waals surface area contributed by atoms with Crippen LogP contribution in [-0.2, 0) is 16.7 Å². The number of carbonyl (C=O) groups is 1. The summed E-state index contributed by atoms with van der Waals surface area (Å²) in [6.07, 6.45) is 1.55. The normalized spacial score (nSPS) is 21.2. The van der Waals surface area contributed by atoms with Crippen LogP contribution in [0.2, 0.25) is 0 Å². The lowest BCUT2D eigenvalue weighted by molar-refractivity contribution is 0.111. The number of ether oxygens (including phenoxy) is 1. The van der Waals surface area contributed by atoms with E-state index >= 15 is 0 Å². The van der Waals surface area contributed by atoms with Crippen molar-refractivity contribution in [3.8, 4) is 0 Å². The zero-order valence-corrected chi connectivity index (χ0v) is 17.7. The summed E-state index contributed by atoms with van der Waals surface area (Å²) in [6, 6.07) is 10.4. The van der Waals surface area contributed by atoms with E-state index in [9.17, 15) is 23.8 Å². The number of nitrogens with one attached hydrogen (secondary N) is 2. The van der Waals surface area contributed by atoms with Gasteiger partial charge < -0.3 is 25.6 Å². The van der Waals surface area contributed by atoms with Gasteiger partial charge in [-0.15, -0.1) is 0 Å². The van der Waals surface area contributed by atoms with E-state index in [0.29, 0.717) is 0 Å². The molecule has 1 aliphatic heterocycles. The molecule has 0 bridgehead atoms. The Bertz CT molecular complexity index is 941. The van der Waals surface area contributed by atoms with E-state index in [0.717, 1.165) is 61.6 Å². The second-order valence-corrected chi connectivity index (χ2v) is 8.70. The molecule has 172 valence electrons. The Labute approximate surface area is 185 Å². The Morgan fingerprint density at radius 1 is 1.19 bits per heavy atom. The van der Waals surface area contributed by atoms with Crippen molar-refractivity contribution in [1.29, 1.82) is 0 Å². The Morgan fingerprint density at radius 2 is 1.94 bits per heavy atom. The number of hydrogen-bond donors (Lipinski definition) is 4. The van der Waals surface area contributed by atoms with E-state index in [1.165, 1.54) is 0 Å². The topological polar surface area (TPSA) is 90.8 Å². The third-order valence-corrected chi connectivity index (χ3v) is 6.29. The maximum Gasteiger partial charge on any atom is 0.404 e. The van der Waals surface area contributed by atoms with Crippen LogP contribution in [0, 0.1) is 11.6 Å². The van der Waals surface area contributed by atoms with Crippen molar-refractivity contribution in [1.82, 2.24) is 10.6 Å². The summed E-state index contributed by atoms with van der Waals surface area (Å²) in [5.41, 5.74) is 2.26. The molecule has 1 aliphatic carbocycles. The van der Waals surface area contributed by atoms with Crippen molar-refractivity contribution < 1.29 is 28.5 Å². The summed E-state index contributed by atoms with van der Waals surface area (Å²) in [6.45, 7) is 0.907. The molecule has 2 aliphatic rings. The third-order valence-electron chi connectivity index (χ3n) is 6.29. The van der Waals surface area contributed by atoms with Crippen LogP contribution in [0.3, 0.4) is 0 Å². The number of rotatable bonds is 9. The summed E-state index contributed by atoms with van der Waals surface area (Å²) in [5, 5.41) is 25.6. The van der Waals surface area contributed by atoms with E-state index < -0.39 is 29.9 Å². The molecule has 0 aromatic heterocycles. The quantitative estimate of drug-likeness (QED) is 0.472. The molecule has 1 amide bonds. The molecule has 4 N–H and O–H groups in total. The highest BCUT2D eigenvalue weighted by molar-refractivity contribution is 5.65. The fourth-order valence-corrected chi connectivity index (χ4v) is 4.44. The molecule has 0 radical (unpaired) electrons. The van der Waals surface area contributed by atoms with E-state index in [2.05, 4.69) is 22.8 Å². The average Bonchev–Trinajstić information content (AvgIpc) is 3.33. The largest absolute Gasteiger partial charge is 0.465 e. The van der Waals surface area contributed by atoms with Crippen LogP contribution in [0.25, 0.3) is 0 Å². The zero-order valence-electron chi connectivity index (χ0n) is 17.7. The van der Waals surface area contributed by atoms with Gasteiger partial charge >= 0.3 is 6.09 Å². The predicted molar refractivity (Wildman–Crippen MR) is 114 cm³/mol. The van der Waals surface area contributed by atoms with Gasteiger partial charge in [0.05, 0.1) is 18.2 Å². The molecule has 0 spiro atoms. The fourth-order valence-electron chi connectivity index (χ4n) is 4.44. The zero-order chi connectivity index (χ0) is 22.7. The van der Waals surface area contributed by atoms with Gasteiger partial charge in [-0.1, -0.05) is 24.3 Å². The van der Waals surface area contributed by atoms with Crippen molar-refractivity contribution >= 4 is 6.09 Å². The maximum atomic E-state index is 13.5. The highest BCUT2D eigenvalue weighted by Gasteiger charge is 2.44. The van der Waals surface area contributed by atoms with Crippen LogP contribution < -0.4 is 10.6 Å². The van der Waals surface area contributed by atoms with Crippen LogP contribution in [0.15, 0.2) is 42.5 Å². The summed E-state index contributed by atoms with van der Waals surface area (Å²) < 4.78 is 32.8. The third kappa shape index (κ3) is 5.43. The van der Waals surface area contributed by atoms with Crippen molar-refractivity contribution in [3.63, 3.8) is 0 Å². The van der Waals surface area contributed by atoms with Crippen LogP contribution in [0.1, 0.15) is 48.5 Å². The van der Waals surface area contributed by atoms with E-state index in [4.69, 9.17) is 4.74 Å². The molecular weight excluding hydrogens is 418 g/mol. The lowest BCUT2D eigenvalue weighted by Gasteiger charge is -2.27. The number of amides is 1. The smallest absolute Gasteiger partial charge is 0.404 e. The first kappa shape index (κ1) is 22.6. The first-order chi connectivity index (χ1) is 15.3. The molecule has 8 heteroatoms. The van der Waals surface area contributed by atoms with E-state index in [1.807, 2.05) is 12.1 Å². The molecular formula is C24H28F2N2O4. The highest BCUT2D eigenvalue weighted by Crippen LogP contribution is 2.46. The molecule has 2 fully saturated rings. The Morgan fingerprint density at radius 3 is 2.56 bits per heavy atom. The van der Waals surface area contributed by atoms with Gasteiger partial charge in [-0.05, 0) is 60.9 Å². The summed E-state index contributed by atoms with van der Waals surface area (Å²) >= 11 is 0. The van der Waals surface area contributed by atoms with Gasteiger partial charge in [0.15, 0.2) is 0 Å². The number of aliphatic hydroxyl groups excluding tert-OH is 1. The molecule has 1 saturated heterocycles. The minimum Gasteiger partial charge on any atom is -0.465 e. The Hall–Kier alpha value is -2.55. The van der Waals surface area contributed by atoms with Crippen molar-refractivity contribution in [2.24, 2.45) is 0 Å². The monoisotopic (exact) mass is 446 g/mol. The van der Waals surface area contributed by atoms with Crippen LogP contribution in [-0.4, -0.2) is 41.6 Å². The van der Waals surface area contributed by atoms with Gasteiger partial charge in [0.2, 0.25) is 0 Å². The summed E-state index contributed by atoms with van der Waals surface area (Å²) in [5.74, 6) is -1.49. The Kier molecular flexibility index (Phi) is 6.74. The van der Waals surface area contributed by atoms with Crippen molar-refractivity contribution in [2.75, 3.05) is 13.2 Å². The highest BCUT2D eigenvalue weighted by atomic mass is 19.1. The molecule has 4 rings (SSSR count). The minimum atomic E-state index is -1.31. The number of benzene rings is 2. The van der Waals surface area contributed by atoms with Crippen LogP contribution in [0.4, 0.5) is 13.6 Å². The minimum absolute atomic E-state index is 0.0364. The van der Waals surface area contributed by atoms with Crippen molar-refractivity contribution in [2.45, 2.75) is 55.9 Å². The van der Waals surface area contributed by atoms with Gasteiger partial charge in [0.25, 0.3) is 0 Å². The molecule has 1 heterocycles. The molecule has 32 heavy (non-hydrogen) atoms. The molecule has 2 aromatic carbocycles. The average molecular weight is 446 g/mol. The molecule has 1 saturated carbocycles. The Balaban J connectivity index is 1.42. The number of hydrogen-bond acceptors (Lipinski definition) is 4. The first-order valence-corrected chi connectivity index (χ1v) is 10.9. The van der Waals surface area contributed by atoms with Crippen LogP contribution in [0.5, 0.6) is 0 Å². The van der Waals surface area contributed by atoms with E-state index in [1.54, 1.807) is 0 Å². The molecule has 6 nitrogen and oxygen atoms in total. The van der Waals surface area contributed by atoms with Gasteiger partial charge in [-0.3, -0.25) is 0 Å². The second kappa shape index (κ2) is 9.52. The predicted octanol–water partition coefficient (Wildman–Crippen LogP) is 3.63. The second-order valence-electron chi connectivity index (χ2n) is 8.70. The molecule has 3 atom stereocenters. The molecule has 1 unspecified atom stereocenters. The van der Waals surface area contributed by atoms with Gasteiger partial charge in [0, 0.05) is 24.8 Å². The number of halogens is 2. The van der Waals surface area contributed by atoms with Gasteiger partial charge in [0.1, 0.15) is 11.6 Å². The van der Waals surface area contributed by atoms with Crippen LogP contribution >= 0.6 is 0 Å². The fraction of sp³-hybridized carbons (Fsp3) is 0.458. The summed E-state index contributed by atoms with van der Waals surface area (Å²) in [7, 11) is 0.